The Labute approximate surface area is 114 Å². The van der Waals surface area contributed by atoms with Crippen molar-refractivity contribution in [2.24, 2.45) is 11.1 Å². The maximum Gasteiger partial charge on any atom is 0.255 e. The molecule has 1 aromatic carbocycles. The number of nitrogens with one attached hydrogen (secondary N) is 1. The molecule has 0 aliphatic heterocycles. The summed E-state index contributed by atoms with van der Waals surface area (Å²) in [4.78, 5) is 12.2. The van der Waals surface area contributed by atoms with Gasteiger partial charge in [0.25, 0.3) is 5.91 Å². The van der Waals surface area contributed by atoms with Crippen LogP contribution in [0.1, 0.15) is 24.2 Å². The van der Waals surface area contributed by atoms with Crippen molar-refractivity contribution >= 4 is 5.91 Å². The third-order valence-corrected chi connectivity index (χ3v) is 2.93. The van der Waals surface area contributed by atoms with E-state index in [-0.39, 0.29) is 11.3 Å². The third kappa shape index (κ3) is 3.86. The van der Waals surface area contributed by atoms with Crippen molar-refractivity contribution in [3.05, 3.63) is 23.8 Å². The zero-order chi connectivity index (χ0) is 14.5. The maximum atomic E-state index is 12.2. The van der Waals surface area contributed by atoms with Gasteiger partial charge in [-0.2, -0.15) is 0 Å². The lowest BCUT2D eigenvalue weighted by Gasteiger charge is -2.23. The predicted octanol–water partition coefficient (Wildman–Crippen LogP) is 1.42. The Bertz CT molecular complexity index is 444. The predicted molar refractivity (Wildman–Crippen MR) is 74.7 cm³/mol. The molecule has 5 heteroatoms. The highest BCUT2D eigenvalue weighted by Gasteiger charge is 2.20. The van der Waals surface area contributed by atoms with E-state index in [9.17, 15) is 4.79 Å². The fourth-order valence-corrected chi connectivity index (χ4v) is 1.55. The van der Waals surface area contributed by atoms with Gasteiger partial charge in [0, 0.05) is 6.54 Å². The monoisotopic (exact) mass is 266 g/mol. The highest BCUT2D eigenvalue weighted by Crippen LogP contribution is 2.30. The standard InChI is InChI=1S/C14H22N2O3/c1-14(2,8-15)9-16-13(17)10-6-5-7-11(18-3)12(10)19-4/h5-7H,8-9,15H2,1-4H3,(H,16,17). The Hall–Kier alpha value is -1.75. The van der Waals surface area contributed by atoms with E-state index in [4.69, 9.17) is 15.2 Å². The Morgan fingerprint density at radius 1 is 1.32 bits per heavy atom. The molecule has 0 aromatic heterocycles. The number of benzene rings is 1. The Balaban J connectivity index is 2.88. The summed E-state index contributed by atoms with van der Waals surface area (Å²) < 4.78 is 10.4. The molecule has 0 aliphatic rings. The van der Waals surface area contributed by atoms with Gasteiger partial charge < -0.3 is 20.5 Å². The molecule has 0 spiro atoms. The van der Waals surface area contributed by atoms with Crippen molar-refractivity contribution in [1.29, 1.82) is 0 Å². The van der Waals surface area contributed by atoms with Crippen molar-refractivity contribution in [3.63, 3.8) is 0 Å². The topological polar surface area (TPSA) is 73.6 Å². The number of nitrogens with two attached hydrogens (primary N) is 1. The van der Waals surface area contributed by atoms with Crippen LogP contribution in [0.2, 0.25) is 0 Å². The minimum atomic E-state index is -0.197. The lowest BCUT2D eigenvalue weighted by atomic mass is 9.94. The van der Waals surface area contributed by atoms with Crippen molar-refractivity contribution in [3.8, 4) is 11.5 Å². The smallest absolute Gasteiger partial charge is 0.255 e. The fourth-order valence-electron chi connectivity index (χ4n) is 1.55. The lowest BCUT2D eigenvalue weighted by Crippen LogP contribution is -2.38. The molecular formula is C14H22N2O3. The molecule has 0 bridgehead atoms. The lowest BCUT2D eigenvalue weighted by molar-refractivity contribution is 0.0934. The average molecular weight is 266 g/mol. The number of ether oxygens (including phenoxy) is 2. The number of methoxy groups -OCH3 is 2. The highest BCUT2D eigenvalue weighted by molar-refractivity contribution is 5.97. The normalized spacial score (nSPS) is 11.0. The number of para-hydroxylation sites is 1. The molecule has 106 valence electrons. The minimum Gasteiger partial charge on any atom is -0.493 e. The van der Waals surface area contributed by atoms with Crippen molar-refractivity contribution in [2.75, 3.05) is 27.3 Å². The molecule has 0 aliphatic carbocycles. The van der Waals surface area contributed by atoms with E-state index in [1.807, 2.05) is 13.8 Å². The summed E-state index contributed by atoms with van der Waals surface area (Å²) in [6.45, 7) is 5.00. The molecule has 0 fully saturated rings. The van der Waals surface area contributed by atoms with E-state index >= 15 is 0 Å². The highest BCUT2D eigenvalue weighted by atomic mass is 16.5. The van der Waals surface area contributed by atoms with E-state index in [0.29, 0.717) is 30.2 Å². The molecule has 19 heavy (non-hydrogen) atoms. The SMILES string of the molecule is COc1cccc(C(=O)NCC(C)(C)CN)c1OC. The third-order valence-electron chi connectivity index (χ3n) is 2.93. The molecule has 1 aromatic rings. The van der Waals surface area contributed by atoms with E-state index in [0.717, 1.165) is 0 Å². The summed E-state index contributed by atoms with van der Waals surface area (Å²) >= 11 is 0. The molecule has 1 rings (SSSR count). The quantitative estimate of drug-likeness (QED) is 0.816. The zero-order valence-corrected chi connectivity index (χ0v) is 11.9. The van der Waals surface area contributed by atoms with Crippen LogP contribution in [-0.2, 0) is 0 Å². The van der Waals surface area contributed by atoms with Gasteiger partial charge in [0.05, 0.1) is 19.8 Å². The van der Waals surface area contributed by atoms with Gasteiger partial charge in [-0.3, -0.25) is 4.79 Å². The molecule has 0 unspecified atom stereocenters. The molecule has 0 radical (unpaired) electrons. The van der Waals surface area contributed by atoms with Gasteiger partial charge in [-0.15, -0.1) is 0 Å². The minimum absolute atomic E-state index is 0.137. The van der Waals surface area contributed by atoms with Gasteiger partial charge in [0.2, 0.25) is 0 Å². The van der Waals surface area contributed by atoms with E-state index in [1.165, 1.54) is 14.2 Å². The van der Waals surface area contributed by atoms with Crippen LogP contribution in [0.3, 0.4) is 0 Å². The Morgan fingerprint density at radius 3 is 2.53 bits per heavy atom. The zero-order valence-electron chi connectivity index (χ0n) is 11.9. The summed E-state index contributed by atoms with van der Waals surface area (Å²) in [7, 11) is 3.05. The average Bonchev–Trinajstić information content (AvgIpc) is 2.43. The van der Waals surface area contributed by atoms with Crippen LogP contribution in [0.4, 0.5) is 0 Å². The second kappa shape index (κ2) is 6.43. The molecule has 5 nitrogen and oxygen atoms in total. The molecule has 1 amide bonds. The Kier molecular flexibility index (Phi) is 5.18. The van der Waals surface area contributed by atoms with Crippen molar-refractivity contribution < 1.29 is 14.3 Å². The molecule has 0 saturated heterocycles. The number of hydrogen-bond acceptors (Lipinski definition) is 4. The first kappa shape index (κ1) is 15.3. The van der Waals surface area contributed by atoms with Gasteiger partial charge in [0.1, 0.15) is 0 Å². The summed E-state index contributed by atoms with van der Waals surface area (Å²) in [5.41, 5.74) is 5.95. The van der Waals surface area contributed by atoms with Gasteiger partial charge in [-0.1, -0.05) is 19.9 Å². The number of hydrogen-bond donors (Lipinski definition) is 2. The van der Waals surface area contributed by atoms with Crippen LogP contribution in [-0.4, -0.2) is 33.2 Å². The maximum absolute atomic E-state index is 12.2. The number of amides is 1. The van der Waals surface area contributed by atoms with Crippen molar-refractivity contribution in [1.82, 2.24) is 5.32 Å². The summed E-state index contributed by atoms with van der Waals surface area (Å²) in [6, 6.07) is 5.20. The first-order valence-corrected chi connectivity index (χ1v) is 6.14. The molecule has 0 atom stereocenters. The summed E-state index contributed by atoms with van der Waals surface area (Å²) in [5, 5.41) is 2.86. The summed E-state index contributed by atoms with van der Waals surface area (Å²) in [5.74, 6) is 0.776. The number of carbonyl (C=O) groups excluding carboxylic acids is 1. The fraction of sp³-hybridized carbons (Fsp3) is 0.500. The first-order valence-electron chi connectivity index (χ1n) is 6.14. The van der Waals surface area contributed by atoms with Crippen LogP contribution < -0.4 is 20.5 Å². The molecule has 0 saturated carbocycles. The van der Waals surface area contributed by atoms with E-state index in [1.54, 1.807) is 18.2 Å². The molecule has 3 N–H and O–H groups in total. The van der Waals surface area contributed by atoms with Crippen LogP contribution >= 0.6 is 0 Å². The summed E-state index contributed by atoms with van der Waals surface area (Å²) in [6.07, 6.45) is 0. The Morgan fingerprint density at radius 2 is 2.00 bits per heavy atom. The van der Waals surface area contributed by atoms with Crippen LogP contribution in [0.5, 0.6) is 11.5 Å². The van der Waals surface area contributed by atoms with Gasteiger partial charge >= 0.3 is 0 Å². The van der Waals surface area contributed by atoms with Crippen LogP contribution in [0.15, 0.2) is 18.2 Å². The molecule has 0 heterocycles. The van der Waals surface area contributed by atoms with Crippen LogP contribution in [0, 0.1) is 5.41 Å². The van der Waals surface area contributed by atoms with E-state index in [2.05, 4.69) is 5.32 Å². The van der Waals surface area contributed by atoms with Gasteiger partial charge in [-0.05, 0) is 24.1 Å². The number of carbonyl (C=O) groups is 1. The second-order valence-electron chi connectivity index (χ2n) is 5.09. The van der Waals surface area contributed by atoms with Gasteiger partial charge in [-0.25, -0.2) is 0 Å². The van der Waals surface area contributed by atoms with Crippen molar-refractivity contribution in [2.45, 2.75) is 13.8 Å². The van der Waals surface area contributed by atoms with Crippen LogP contribution in [0.25, 0.3) is 0 Å². The van der Waals surface area contributed by atoms with Gasteiger partial charge in [0.15, 0.2) is 11.5 Å². The second-order valence-corrected chi connectivity index (χ2v) is 5.09. The molecular weight excluding hydrogens is 244 g/mol. The largest absolute Gasteiger partial charge is 0.493 e. The first-order chi connectivity index (χ1) is 8.95. The van der Waals surface area contributed by atoms with E-state index < -0.39 is 0 Å². The number of rotatable bonds is 6.